The molecule has 1 saturated carbocycles. The minimum atomic E-state index is -0.211. The monoisotopic (exact) mass is 350 g/mol. The van der Waals surface area contributed by atoms with Gasteiger partial charge in [-0.1, -0.05) is 15.9 Å². The molecular formula is C16H16BrFN2O. The molecule has 0 radical (unpaired) electrons. The molecule has 0 N–H and O–H groups in total. The van der Waals surface area contributed by atoms with Crippen molar-refractivity contribution in [1.82, 2.24) is 0 Å². The SMILES string of the molecule is CO[C@H]1CC[C@]2(CC1)Cc1c(F)ccc(Br)c1/C2=N/C#N. The number of aliphatic imine (C=N–C) groups is 1. The van der Waals surface area contributed by atoms with Crippen LogP contribution in [-0.2, 0) is 11.2 Å². The van der Waals surface area contributed by atoms with Crippen LogP contribution >= 0.6 is 15.9 Å². The first-order chi connectivity index (χ1) is 10.1. The van der Waals surface area contributed by atoms with E-state index in [1.165, 1.54) is 6.07 Å². The Hall–Kier alpha value is -1.25. The summed E-state index contributed by atoms with van der Waals surface area (Å²) in [4.78, 5) is 4.08. The third-order valence-corrected chi connectivity index (χ3v) is 5.50. The average Bonchev–Trinajstić information content (AvgIpc) is 2.80. The lowest BCUT2D eigenvalue weighted by Crippen LogP contribution is -2.35. The molecule has 3 rings (SSSR count). The van der Waals surface area contributed by atoms with Crippen LogP contribution in [-0.4, -0.2) is 18.9 Å². The molecule has 5 heteroatoms. The highest BCUT2D eigenvalue weighted by Gasteiger charge is 2.47. The van der Waals surface area contributed by atoms with Crippen LogP contribution in [0.25, 0.3) is 0 Å². The Morgan fingerprint density at radius 3 is 2.76 bits per heavy atom. The number of benzene rings is 1. The maximum Gasteiger partial charge on any atom is 0.205 e. The molecule has 0 amide bonds. The summed E-state index contributed by atoms with van der Waals surface area (Å²) in [5.41, 5.74) is 2.01. The Labute approximate surface area is 132 Å². The van der Waals surface area contributed by atoms with E-state index >= 15 is 0 Å². The second-order valence-corrected chi connectivity index (χ2v) is 6.69. The minimum absolute atomic E-state index is 0.204. The largest absolute Gasteiger partial charge is 0.381 e. The van der Waals surface area contributed by atoms with Crippen LogP contribution in [0.15, 0.2) is 21.6 Å². The van der Waals surface area contributed by atoms with Crippen molar-refractivity contribution in [3.8, 4) is 6.19 Å². The lowest BCUT2D eigenvalue weighted by molar-refractivity contribution is 0.0467. The van der Waals surface area contributed by atoms with Crippen molar-refractivity contribution in [2.75, 3.05) is 7.11 Å². The molecule has 3 nitrogen and oxygen atoms in total. The van der Waals surface area contributed by atoms with Crippen LogP contribution < -0.4 is 0 Å². The van der Waals surface area contributed by atoms with Crippen molar-refractivity contribution in [1.29, 1.82) is 5.26 Å². The third kappa shape index (κ3) is 2.31. The van der Waals surface area contributed by atoms with Crippen molar-refractivity contribution in [3.05, 3.63) is 33.5 Å². The van der Waals surface area contributed by atoms with Crippen LogP contribution in [0.2, 0.25) is 0 Å². The van der Waals surface area contributed by atoms with Crippen LogP contribution in [0.5, 0.6) is 0 Å². The molecule has 0 bridgehead atoms. The maximum absolute atomic E-state index is 14.2. The molecule has 110 valence electrons. The molecule has 0 atom stereocenters. The summed E-state index contributed by atoms with van der Waals surface area (Å²) in [6.07, 6.45) is 6.41. The summed E-state index contributed by atoms with van der Waals surface area (Å²) in [5.74, 6) is -0.204. The number of hydrogen-bond acceptors (Lipinski definition) is 3. The lowest BCUT2D eigenvalue weighted by Gasteiger charge is -2.36. The van der Waals surface area contributed by atoms with Crippen LogP contribution in [0.4, 0.5) is 4.39 Å². The van der Waals surface area contributed by atoms with Gasteiger partial charge in [-0.2, -0.15) is 10.3 Å². The number of hydrogen-bond donors (Lipinski definition) is 0. The second-order valence-electron chi connectivity index (χ2n) is 5.84. The topological polar surface area (TPSA) is 45.4 Å². The van der Waals surface area contributed by atoms with Crippen molar-refractivity contribution >= 4 is 21.6 Å². The Kier molecular flexibility index (Phi) is 3.85. The van der Waals surface area contributed by atoms with Crippen molar-refractivity contribution in [3.63, 3.8) is 0 Å². The van der Waals surface area contributed by atoms with Gasteiger partial charge < -0.3 is 4.74 Å². The number of fused-ring (bicyclic) bond motifs is 1. The van der Waals surface area contributed by atoms with Crippen molar-refractivity contribution in [2.45, 2.75) is 38.2 Å². The fourth-order valence-corrected chi connectivity index (χ4v) is 4.29. The molecule has 1 aromatic carbocycles. The fourth-order valence-electron chi connectivity index (χ4n) is 3.73. The summed E-state index contributed by atoms with van der Waals surface area (Å²) < 4.78 is 20.4. The van der Waals surface area contributed by atoms with Gasteiger partial charge in [0.15, 0.2) is 0 Å². The summed E-state index contributed by atoms with van der Waals surface area (Å²) in [7, 11) is 1.73. The van der Waals surface area contributed by atoms with E-state index in [0.717, 1.165) is 41.4 Å². The highest BCUT2D eigenvalue weighted by atomic mass is 79.9. The van der Waals surface area contributed by atoms with Gasteiger partial charge in [-0.3, -0.25) is 0 Å². The van der Waals surface area contributed by atoms with E-state index < -0.39 is 0 Å². The van der Waals surface area contributed by atoms with E-state index in [0.29, 0.717) is 12.0 Å². The minimum Gasteiger partial charge on any atom is -0.381 e. The predicted molar refractivity (Wildman–Crippen MR) is 81.7 cm³/mol. The molecule has 2 aliphatic carbocycles. The van der Waals surface area contributed by atoms with Crippen LogP contribution in [0.1, 0.15) is 36.8 Å². The molecule has 0 aromatic heterocycles. The summed E-state index contributed by atoms with van der Waals surface area (Å²) in [6, 6.07) is 3.17. The normalized spacial score (nSPS) is 29.6. The third-order valence-electron chi connectivity index (χ3n) is 4.84. The van der Waals surface area contributed by atoms with Gasteiger partial charge in [0, 0.05) is 22.6 Å². The first kappa shape index (κ1) is 14.7. The van der Waals surface area contributed by atoms with Crippen LogP contribution in [0, 0.1) is 22.7 Å². The number of ether oxygens (including phenoxy) is 1. The number of halogens is 2. The molecule has 0 aliphatic heterocycles. The average molecular weight is 351 g/mol. The predicted octanol–water partition coefficient (Wildman–Crippen LogP) is 3.99. The number of methoxy groups -OCH3 is 1. The number of nitriles is 1. The zero-order chi connectivity index (χ0) is 15.0. The molecule has 21 heavy (non-hydrogen) atoms. The quantitative estimate of drug-likeness (QED) is 0.718. The number of rotatable bonds is 1. The van der Waals surface area contributed by atoms with Crippen molar-refractivity contribution in [2.24, 2.45) is 10.4 Å². The van der Waals surface area contributed by atoms with Gasteiger partial charge in [-0.05, 0) is 49.8 Å². The zero-order valence-corrected chi connectivity index (χ0v) is 13.4. The van der Waals surface area contributed by atoms with Crippen LogP contribution in [0.3, 0.4) is 0 Å². The molecule has 1 aromatic rings. The molecule has 1 fully saturated rings. The fraction of sp³-hybridized carbons (Fsp3) is 0.500. The van der Waals surface area contributed by atoms with E-state index in [1.807, 2.05) is 6.19 Å². The van der Waals surface area contributed by atoms with Gasteiger partial charge in [0.2, 0.25) is 6.19 Å². The van der Waals surface area contributed by atoms with Gasteiger partial charge in [-0.15, -0.1) is 0 Å². The highest BCUT2D eigenvalue weighted by Crippen LogP contribution is 2.50. The van der Waals surface area contributed by atoms with E-state index in [1.54, 1.807) is 13.2 Å². The first-order valence-corrected chi connectivity index (χ1v) is 7.88. The van der Waals surface area contributed by atoms with E-state index in [2.05, 4.69) is 20.9 Å². The highest BCUT2D eigenvalue weighted by molar-refractivity contribution is 9.10. The number of nitrogens with zero attached hydrogens (tertiary/aromatic N) is 2. The molecule has 0 unspecified atom stereocenters. The molecular weight excluding hydrogens is 335 g/mol. The zero-order valence-electron chi connectivity index (χ0n) is 11.8. The summed E-state index contributed by atoms with van der Waals surface area (Å²) in [6.45, 7) is 0. The summed E-state index contributed by atoms with van der Waals surface area (Å²) >= 11 is 3.49. The van der Waals surface area contributed by atoms with E-state index in [-0.39, 0.29) is 17.3 Å². The smallest absolute Gasteiger partial charge is 0.205 e. The Morgan fingerprint density at radius 1 is 1.43 bits per heavy atom. The van der Waals surface area contributed by atoms with Gasteiger partial charge in [-0.25, -0.2) is 4.39 Å². The van der Waals surface area contributed by atoms with E-state index in [9.17, 15) is 4.39 Å². The Balaban J connectivity index is 2.07. The Morgan fingerprint density at radius 2 is 2.14 bits per heavy atom. The van der Waals surface area contributed by atoms with Gasteiger partial charge >= 0.3 is 0 Å². The maximum atomic E-state index is 14.2. The van der Waals surface area contributed by atoms with Crippen molar-refractivity contribution < 1.29 is 9.13 Å². The van der Waals surface area contributed by atoms with Gasteiger partial charge in [0.05, 0.1) is 11.8 Å². The van der Waals surface area contributed by atoms with Gasteiger partial charge in [0.1, 0.15) is 5.82 Å². The first-order valence-electron chi connectivity index (χ1n) is 7.08. The molecule has 0 heterocycles. The standard InChI is InChI=1S/C16H16BrFN2O/c1-21-10-4-6-16(7-5-10)8-11-13(18)3-2-12(17)14(11)15(16)20-9-19/h2-3,10H,4-8H2,1H3/b20-15-/t10-,16-. The van der Waals surface area contributed by atoms with E-state index in [4.69, 9.17) is 10.00 Å². The molecule has 0 saturated heterocycles. The molecule has 1 spiro atoms. The lowest BCUT2D eigenvalue weighted by atomic mass is 9.70. The van der Waals surface area contributed by atoms with Gasteiger partial charge in [0.25, 0.3) is 0 Å². The molecule has 2 aliphatic rings. The Bertz CT molecular complexity index is 642. The summed E-state index contributed by atoms with van der Waals surface area (Å²) in [5, 5.41) is 9.05. The second kappa shape index (κ2) is 5.51.